The maximum Gasteiger partial charge on any atom is 0.316 e. The van der Waals surface area contributed by atoms with Gasteiger partial charge in [0.05, 0.1) is 39.6 Å². The van der Waals surface area contributed by atoms with Gasteiger partial charge in [-0.15, -0.1) is 11.8 Å². The van der Waals surface area contributed by atoms with Crippen molar-refractivity contribution < 1.29 is 96.2 Å². The number of hydrogen-bond acceptors (Lipinski definition) is 16. The van der Waals surface area contributed by atoms with Crippen molar-refractivity contribution in [3.05, 3.63) is 287 Å². The van der Waals surface area contributed by atoms with Gasteiger partial charge >= 0.3 is 35.8 Å². The van der Waals surface area contributed by atoms with Crippen molar-refractivity contribution in [2.45, 2.75) is 206 Å². The molecule has 0 saturated heterocycles. The molecule has 0 atom stereocenters. The van der Waals surface area contributed by atoms with Gasteiger partial charge in [-0.1, -0.05) is 241 Å². The van der Waals surface area contributed by atoms with Crippen molar-refractivity contribution in [3.63, 3.8) is 0 Å². The second-order valence-corrected chi connectivity index (χ2v) is 32.1. The molecule has 6 saturated carbocycles. The van der Waals surface area contributed by atoms with E-state index >= 15 is 0 Å². The molecule has 0 bridgehead atoms. The number of phenolic OH excluding ortho intramolecular Hbond substituents is 2. The van der Waals surface area contributed by atoms with Gasteiger partial charge < -0.3 is 58.7 Å². The molecule has 15 rings (SSSR count). The van der Waals surface area contributed by atoms with Crippen molar-refractivity contribution in [1.82, 2.24) is 0 Å². The van der Waals surface area contributed by atoms with Gasteiger partial charge in [0.2, 0.25) is 13.7 Å². The topological polar surface area (TPSA) is 268 Å². The molecule has 630 valence electrons. The summed E-state index contributed by atoms with van der Waals surface area (Å²) in [6.07, 6.45) is 23.1. The van der Waals surface area contributed by atoms with Crippen LogP contribution in [0.1, 0.15) is 204 Å². The summed E-state index contributed by atoms with van der Waals surface area (Å²) >= 11 is 1.64. The summed E-state index contributed by atoms with van der Waals surface area (Å²) in [5, 5.41) is 46.8. The van der Waals surface area contributed by atoms with Gasteiger partial charge in [0.1, 0.15) is 60.3 Å². The zero-order valence-corrected chi connectivity index (χ0v) is 68.8. The summed E-state index contributed by atoms with van der Waals surface area (Å²) in [6, 6.07) is 71.9. The molecular weight excluding hydrogens is 1540 g/mol. The number of aliphatic carboxylic acids is 3. The average Bonchev–Trinajstić information content (AvgIpc) is 1.75. The van der Waals surface area contributed by atoms with Gasteiger partial charge in [-0.25, -0.2) is 8.78 Å². The normalized spacial score (nSPS) is 16.9. The van der Waals surface area contributed by atoms with Crippen LogP contribution in [0.2, 0.25) is 0 Å². The molecule has 0 aliphatic heterocycles. The third-order valence-electron chi connectivity index (χ3n) is 24.3. The average molecular weight is 1650 g/mol. The van der Waals surface area contributed by atoms with Crippen molar-refractivity contribution in [2.24, 2.45) is 0 Å². The highest BCUT2D eigenvalue weighted by Crippen LogP contribution is 2.48. The lowest BCUT2D eigenvalue weighted by atomic mass is 9.79. The van der Waals surface area contributed by atoms with E-state index in [0.29, 0.717) is 56.3 Å². The lowest BCUT2D eigenvalue weighted by Crippen LogP contribution is -2.34. The molecule has 21 heteroatoms. The molecule has 6 aliphatic carbocycles. The summed E-state index contributed by atoms with van der Waals surface area (Å²) in [5.41, 5.74) is 4.61. The molecule has 9 aromatic carbocycles. The standard InChI is InChI=1S/C21H24O3S.C20H21FO3.C19H20O3.C13H15FO3.C13H16O3.C12H14O3/c1-25-16-24-19-11-9-18(10-12-19)21(13-5-6-14-21)20(22)23-15-17-7-3-2-4-8-17;21-15-24-18-10-8-17(9-11-18)20(12-4-5-13-20)19(22)23-14-16-6-2-1-3-7-16;20-17-10-8-16(9-11-17)19(12-4-5-13-19)18(21)22-14-15-6-2-1-3-7-15;14-9-17-11-5-3-10(4-6-11)13(12(15)16)7-1-2-8-13;1-16-11-6-4-10(5-7-11)13(12(14)15)8-2-3-9-13;13-10-5-3-9(4-6-10)12(11(14)15)7-1-2-8-12/h2-4,7-12H,5-6,13-16H2,1H3;1-3,6-11H,4-5,12-15H2;1-3,6-11,20H,4-5,12-14H2;3-6H,1-2,7-9H2,(H,15,16);4-7H,2-3,8-9H2,1H3,(H,14,15);3-6,13H,1-2,7-8H2,(H,14,15). The van der Waals surface area contributed by atoms with Crippen LogP contribution >= 0.6 is 11.8 Å². The van der Waals surface area contributed by atoms with E-state index in [1.165, 1.54) is 0 Å². The molecule has 0 radical (unpaired) electrons. The second kappa shape index (κ2) is 44.0. The maximum absolute atomic E-state index is 12.9. The third kappa shape index (κ3) is 23.0. The zero-order chi connectivity index (χ0) is 84.6. The monoisotopic (exact) mass is 1640 g/mol. The van der Waals surface area contributed by atoms with Crippen LogP contribution in [-0.2, 0) is 95.3 Å². The molecule has 0 aromatic heterocycles. The Kier molecular flexibility index (Phi) is 33.3. The van der Waals surface area contributed by atoms with Gasteiger partial charge in [-0.3, -0.25) is 28.8 Å². The number of rotatable bonds is 26. The van der Waals surface area contributed by atoms with Crippen LogP contribution in [0.3, 0.4) is 0 Å². The number of phenols is 2. The number of carbonyl (C=O) groups is 6. The Morgan fingerprint density at radius 3 is 0.731 bits per heavy atom. The van der Waals surface area contributed by atoms with Gasteiger partial charge in [-0.2, -0.15) is 0 Å². The quantitative estimate of drug-likeness (QED) is 0.0191. The number of aromatic hydroxyl groups is 2. The van der Waals surface area contributed by atoms with Crippen LogP contribution in [0.4, 0.5) is 8.78 Å². The molecule has 0 unspecified atom stereocenters. The second-order valence-electron chi connectivity index (χ2n) is 31.3. The smallest absolute Gasteiger partial charge is 0.316 e. The first kappa shape index (κ1) is 90.1. The molecule has 6 fully saturated rings. The Hall–Kier alpha value is -11.2. The summed E-state index contributed by atoms with van der Waals surface area (Å²) < 4.78 is 61.4. The number of alkyl halides is 2. The predicted molar refractivity (Wildman–Crippen MR) is 453 cm³/mol. The highest BCUT2D eigenvalue weighted by Gasteiger charge is 2.49. The highest BCUT2D eigenvalue weighted by molar-refractivity contribution is 7.98. The molecule has 0 amide bonds. The number of hydrogen-bond donors (Lipinski definition) is 5. The minimum Gasteiger partial charge on any atom is -0.508 e. The van der Waals surface area contributed by atoms with Gasteiger partial charge in [0, 0.05) is 0 Å². The number of esters is 3. The fourth-order valence-electron chi connectivity index (χ4n) is 17.5. The van der Waals surface area contributed by atoms with E-state index in [2.05, 4.69) is 0 Å². The molecule has 18 nitrogen and oxygen atoms in total. The first-order chi connectivity index (χ1) is 57.7. The number of ether oxygens (including phenoxy) is 7. The predicted octanol–water partition coefficient (Wildman–Crippen LogP) is 21.2. The molecular formula is C98H110F2O18S. The molecule has 119 heavy (non-hydrogen) atoms. The number of carboxylic acid groups (broad SMARTS) is 3. The van der Waals surface area contributed by atoms with Crippen molar-refractivity contribution in [3.8, 4) is 34.5 Å². The largest absolute Gasteiger partial charge is 0.508 e. The van der Waals surface area contributed by atoms with Crippen LogP contribution in [0.25, 0.3) is 0 Å². The van der Waals surface area contributed by atoms with Crippen LogP contribution in [0.15, 0.2) is 237 Å². The third-order valence-corrected chi connectivity index (χ3v) is 24.6. The van der Waals surface area contributed by atoms with Crippen LogP contribution in [-0.4, -0.2) is 94.4 Å². The lowest BCUT2D eigenvalue weighted by Gasteiger charge is -2.27. The van der Waals surface area contributed by atoms with Crippen molar-refractivity contribution >= 4 is 47.6 Å². The van der Waals surface area contributed by atoms with E-state index in [1.54, 1.807) is 91.7 Å². The van der Waals surface area contributed by atoms with E-state index in [9.17, 15) is 63.1 Å². The van der Waals surface area contributed by atoms with E-state index in [4.69, 9.17) is 33.2 Å². The first-order valence-corrected chi connectivity index (χ1v) is 42.5. The number of halogens is 2. The molecule has 6 aliphatic rings. The molecule has 9 aromatic rings. The number of methoxy groups -OCH3 is 1. The minimum atomic E-state index is -0.872. The van der Waals surface area contributed by atoms with Crippen LogP contribution in [0.5, 0.6) is 34.5 Å². The van der Waals surface area contributed by atoms with E-state index in [-0.39, 0.29) is 36.0 Å². The molecule has 0 spiro atoms. The van der Waals surface area contributed by atoms with E-state index in [1.807, 2.05) is 170 Å². The Morgan fingerprint density at radius 1 is 0.303 bits per heavy atom. The number of carboxylic acids is 3. The fraction of sp³-hybridized carbons (Fsp3) is 0.388. The minimum absolute atomic E-state index is 0.105. The van der Waals surface area contributed by atoms with Gasteiger partial charge in [-0.05, 0) is 206 Å². The van der Waals surface area contributed by atoms with Crippen LogP contribution in [0, 0.1) is 0 Å². The fourth-order valence-corrected chi connectivity index (χ4v) is 17.8. The Balaban J connectivity index is 0.000000152. The number of benzene rings is 9. The van der Waals surface area contributed by atoms with Crippen molar-refractivity contribution in [1.29, 1.82) is 0 Å². The lowest BCUT2D eigenvalue weighted by molar-refractivity contribution is -0.152. The zero-order valence-electron chi connectivity index (χ0n) is 67.9. The summed E-state index contributed by atoms with van der Waals surface area (Å²) in [6.45, 7) is -0.812. The number of carbonyl (C=O) groups excluding carboxylic acids is 3. The SMILES string of the molecule is COc1ccc(C2(C(=O)O)CCCC2)cc1.CSCOc1ccc(C2(C(=O)OCc3ccccc3)CCCC2)cc1.O=C(O)C1(c2ccc(O)cc2)CCCC1.O=C(O)C1(c2ccc(OCF)cc2)CCCC1.O=C(OCc1ccccc1)C1(c2ccc(O)cc2)CCCC1.O=C(OCc1ccccc1)C1(c2ccc(OCF)cc2)CCCC1. The van der Waals surface area contributed by atoms with Gasteiger partial charge in [0.15, 0.2) is 0 Å². The maximum atomic E-state index is 12.9. The summed E-state index contributed by atoms with van der Waals surface area (Å²) in [4.78, 5) is 72.8. The van der Waals surface area contributed by atoms with E-state index in [0.717, 1.165) is 190 Å². The Bertz CT molecular complexity index is 4610. The highest BCUT2D eigenvalue weighted by atomic mass is 32.2. The van der Waals surface area contributed by atoms with Crippen molar-refractivity contribution in [2.75, 3.05) is 33.0 Å². The first-order valence-electron chi connectivity index (χ1n) is 41.1. The Morgan fingerprint density at radius 2 is 0.513 bits per heavy atom. The Labute approximate surface area is 700 Å². The van der Waals surface area contributed by atoms with E-state index < -0.39 is 64.1 Å². The summed E-state index contributed by atoms with van der Waals surface area (Å²) in [5.74, 6) is 0.868. The van der Waals surface area contributed by atoms with Crippen LogP contribution < -0.4 is 18.9 Å². The molecule has 5 N–H and O–H groups in total. The number of thioether (sulfide) groups is 1. The molecule has 0 heterocycles. The summed E-state index contributed by atoms with van der Waals surface area (Å²) in [7, 11) is 1.61. The van der Waals surface area contributed by atoms with Gasteiger partial charge in [0.25, 0.3) is 0 Å².